The van der Waals surface area contributed by atoms with Crippen LogP contribution >= 0.6 is 0 Å². The van der Waals surface area contributed by atoms with E-state index in [2.05, 4.69) is 24.9 Å². The van der Waals surface area contributed by atoms with Crippen molar-refractivity contribution >= 4 is 0 Å². The minimum Gasteiger partial charge on any atom is -0.493 e. The molecule has 17 heavy (non-hydrogen) atoms. The highest BCUT2D eigenvalue weighted by Gasteiger charge is 2.00. The fourth-order valence-corrected chi connectivity index (χ4v) is 1.65. The molecule has 1 aromatic rings. The van der Waals surface area contributed by atoms with E-state index in [4.69, 9.17) is 4.74 Å². The molecule has 2 nitrogen and oxygen atoms in total. The second-order valence-electron chi connectivity index (χ2n) is 4.05. The Morgan fingerprint density at radius 1 is 1.29 bits per heavy atom. The Labute approximate surface area is 105 Å². The van der Waals surface area contributed by atoms with Crippen molar-refractivity contribution in [1.82, 2.24) is 5.32 Å². The third-order valence-electron chi connectivity index (χ3n) is 2.52. The van der Waals surface area contributed by atoms with Gasteiger partial charge in [-0.05, 0) is 44.0 Å². The zero-order valence-corrected chi connectivity index (χ0v) is 10.7. The van der Waals surface area contributed by atoms with Crippen LogP contribution in [0.5, 0.6) is 5.75 Å². The van der Waals surface area contributed by atoms with Gasteiger partial charge in [-0.3, -0.25) is 0 Å². The summed E-state index contributed by atoms with van der Waals surface area (Å²) in [6.45, 7) is 8.82. The largest absolute Gasteiger partial charge is 0.493 e. The second kappa shape index (κ2) is 8.82. The Balaban J connectivity index is 2.28. The SMILES string of the molecule is C=CCc1ccccc1OCCCNCCC. The summed E-state index contributed by atoms with van der Waals surface area (Å²) in [7, 11) is 0. The van der Waals surface area contributed by atoms with Gasteiger partial charge in [0.1, 0.15) is 5.75 Å². The van der Waals surface area contributed by atoms with Gasteiger partial charge in [-0.25, -0.2) is 0 Å². The van der Waals surface area contributed by atoms with Crippen molar-refractivity contribution in [3.05, 3.63) is 42.5 Å². The van der Waals surface area contributed by atoms with Gasteiger partial charge in [0.05, 0.1) is 6.61 Å². The smallest absolute Gasteiger partial charge is 0.122 e. The summed E-state index contributed by atoms with van der Waals surface area (Å²) in [5.41, 5.74) is 1.21. The molecule has 0 aliphatic carbocycles. The summed E-state index contributed by atoms with van der Waals surface area (Å²) in [6, 6.07) is 8.16. The van der Waals surface area contributed by atoms with Crippen molar-refractivity contribution in [2.45, 2.75) is 26.2 Å². The number of nitrogens with one attached hydrogen (secondary N) is 1. The van der Waals surface area contributed by atoms with Crippen LogP contribution in [0.3, 0.4) is 0 Å². The van der Waals surface area contributed by atoms with Gasteiger partial charge in [0.2, 0.25) is 0 Å². The van der Waals surface area contributed by atoms with Crippen molar-refractivity contribution in [3.63, 3.8) is 0 Å². The van der Waals surface area contributed by atoms with E-state index >= 15 is 0 Å². The van der Waals surface area contributed by atoms with Crippen LogP contribution in [-0.2, 0) is 6.42 Å². The molecule has 0 aromatic heterocycles. The quantitative estimate of drug-likeness (QED) is 0.522. The highest BCUT2D eigenvalue weighted by Crippen LogP contribution is 2.18. The fourth-order valence-electron chi connectivity index (χ4n) is 1.65. The molecule has 0 fully saturated rings. The minimum atomic E-state index is 0.769. The number of ether oxygens (including phenoxy) is 1. The average Bonchev–Trinajstić information content (AvgIpc) is 2.36. The molecule has 0 amide bonds. The first-order valence-corrected chi connectivity index (χ1v) is 6.40. The van der Waals surface area contributed by atoms with Gasteiger partial charge in [-0.1, -0.05) is 31.2 Å². The fraction of sp³-hybridized carbons (Fsp3) is 0.467. The molecule has 0 aliphatic rings. The van der Waals surface area contributed by atoms with Crippen LogP contribution in [0.2, 0.25) is 0 Å². The zero-order chi connectivity index (χ0) is 12.3. The maximum absolute atomic E-state index is 5.78. The van der Waals surface area contributed by atoms with Crippen molar-refractivity contribution in [2.75, 3.05) is 19.7 Å². The topological polar surface area (TPSA) is 21.3 Å². The first-order chi connectivity index (χ1) is 8.38. The van der Waals surface area contributed by atoms with Crippen molar-refractivity contribution in [1.29, 1.82) is 0 Å². The number of hydrogen-bond acceptors (Lipinski definition) is 2. The van der Waals surface area contributed by atoms with Crippen molar-refractivity contribution < 1.29 is 4.74 Å². The summed E-state index contributed by atoms with van der Waals surface area (Å²) in [4.78, 5) is 0. The van der Waals surface area contributed by atoms with Crippen LogP contribution < -0.4 is 10.1 Å². The Kier molecular flexibility index (Phi) is 7.15. The summed E-state index contributed by atoms with van der Waals surface area (Å²) in [5.74, 6) is 0.989. The highest BCUT2D eigenvalue weighted by atomic mass is 16.5. The summed E-state index contributed by atoms with van der Waals surface area (Å²) in [5, 5.41) is 3.36. The molecule has 0 saturated heterocycles. The molecular formula is C15H23NO. The van der Waals surface area contributed by atoms with E-state index in [1.165, 1.54) is 12.0 Å². The molecule has 0 bridgehead atoms. The van der Waals surface area contributed by atoms with Gasteiger partial charge in [-0.15, -0.1) is 6.58 Å². The molecule has 1 aromatic carbocycles. The molecule has 0 atom stereocenters. The van der Waals surface area contributed by atoms with Crippen LogP contribution in [-0.4, -0.2) is 19.7 Å². The van der Waals surface area contributed by atoms with E-state index in [0.29, 0.717) is 0 Å². The predicted molar refractivity (Wildman–Crippen MR) is 73.6 cm³/mol. The molecule has 0 radical (unpaired) electrons. The Morgan fingerprint density at radius 3 is 2.88 bits per heavy atom. The summed E-state index contributed by atoms with van der Waals surface area (Å²) in [6.07, 6.45) is 5.00. The first-order valence-electron chi connectivity index (χ1n) is 6.40. The Morgan fingerprint density at radius 2 is 2.12 bits per heavy atom. The maximum atomic E-state index is 5.78. The van der Waals surface area contributed by atoms with Gasteiger partial charge in [-0.2, -0.15) is 0 Å². The van der Waals surface area contributed by atoms with Crippen LogP contribution in [0, 0.1) is 0 Å². The normalized spacial score (nSPS) is 10.2. The summed E-state index contributed by atoms with van der Waals surface area (Å²) >= 11 is 0. The lowest BCUT2D eigenvalue weighted by Gasteiger charge is -2.10. The number of hydrogen-bond donors (Lipinski definition) is 1. The number of rotatable bonds is 9. The number of benzene rings is 1. The Hall–Kier alpha value is -1.28. The van der Waals surface area contributed by atoms with Gasteiger partial charge in [0, 0.05) is 0 Å². The first kappa shape index (κ1) is 13.8. The van der Waals surface area contributed by atoms with Gasteiger partial charge < -0.3 is 10.1 Å². The lowest BCUT2D eigenvalue weighted by atomic mass is 10.1. The van der Waals surface area contributed by atoms with E-state index in [1.54, 1.807) is 0 Å². The van der Waals surface area contributed by atoms with E-state index in [9.17, 15) is 0 Å². The lowest BCUT2D eigenvalue weighted by Crippen LogP contribution is -2.18. The molecule has 1 rings (SSSR count). The predicted octanol–water partition coefficient (Wildman–Crippen LogP) is 3.18. The maximum Gasteiger partial charge on any atom is 0.122 e. The molecule has 0 aliphatic heterocycles. The second-order valence-corrected chi connectivity index (χ2v) is 4.05. The number of allylic oxidation sites excluding steroid dienone is 1. The Bertz CT molecular complexity index is 322. The molecule has 0 spiro atoms. The molecule has 0 heterocycles. The molecule has 0 unspecified atom stereocenters. The third-order valence-corrected chi connectivity index (χ3v) is 2.52. The monoisotopic (exact) mass is 233 g/mol. The van der Waals surface area contributed by atoms with Crippen LogP contribution in [0.15, 0.2) is 36.9 Å². The average molecular weight is 233 g/mol. The minimum absolute atomic E-state index is 0.769. The van der Waals surface area contributed by atoms with Crippen LogP contribution in [0.1, 0.15) is 25.3 Å². The van der Waals surface area contributed by atoms with Crippen LogP contribution in [0.4, 0.5) is 0 Å². The van der Waals surface area contributed by atoms with Gasteiger partial charge >= 0.3 is 0 Å². The van der Waals surface area contributed by atoms with Gasteiger partial charge in [0.25, 0.3) is 0 Å². The van der Waals surface area contributed by atoms with E-state index in [0.717, 1.165) is 38.3 Å². The zero-order valence-electron chi connectivity index (χ0n) is 10.7. The molecule has 0 saturated carbocycles. The molecule has 2 heteroatoms. The highest BCUT2D eigenvalue weighted by molar-refractivity contribution is 5.34. The van der Waals surface area contributed by atoms with E-state index < -0.39 is 0 Å². The molecule has 1 N–H and O–H groups in total. The van der Waals surface area contributed by atoms with E-state index in [-0.39, 0.29) is 0 Å². The molecular weight excluding hydrogens is 210 g/mol. The van der Waals surface area contributed by atoms with Crippen molar-refractivity contribution in [3.8, 4) is 5.75 Å². The standard InChI is InChI=1S/C15H23NO/c1-3-8-14-9-5-6-10-15(14)17-13-7-12-16-11-4-2/h3,5-6,9-10,16H,1,4,7-8,11-13H2,2H3. The van der Waals surface area contributed by atoms with E-state index in [1.807, 2.05) is 24.3 Å². The number of para-hydroxylation sites is 1. The third kappa shape index (κ3) is 5.55. The lowest BCUT2D eigenvalue weighted by molar-refractivity contribution is 0.306. The van der Waals surface area contributed by atoms with Crippen LogP contribution in [0.25, 0.3) is 0 Å². The van der Waals surface area contributed by atoms with Crippen molar-refractivity contribution in [2.24, 2.45) is 0 Å². The molecule has 94 valence electrons. The van der Waals surface area contributed by atoms with Gasteiger partial charge in [0.15, 0.2) is 0 Å². The summed E-state index contributed by atoms with van der Waals surface area (Å²) < 4.78 is 5.78.